The van der Waals surface area contributed by atoms with Crippen molar-refractivity contribution in [3.63, 3.8) is 0 Å². The number of nitrogens with one attached hydrogen (secondary N) is 4. The second kappa shape index (κ2) is 5.40. The van der Waals surface area contributed by atoms with Gasteiger partial charge in [0.2, 0.25) is 5.91 Å². The molecule has 106 valence electrons. The summed E-state index contributed by atoms with van der Waals surface area (Å²) in [7, 11) is 0. The third-order valence-electron chi connectivity index (χ3n) is 3.64. The van der Waals surface area contributed by atoms with Crippen molar-refractivity contribution in [2.45, 2.75) is 18.9 Å². The molecule has 0 saturated carbocycles. The number of carbonyl (C=O) groups excluding carboxylic acids is 2. The molecule has 1 unspecified atom stereocenters. The quantitative estimate of drug-likeness (QED) is 0.634. The van der Waals surface area contributed by atoms with Crippen LogP contribution in [0, 0.1) is 0 Å². The van der Waals surface area contributed by atoms with Gasteiger partial charge in [-0.1, -0.05) is 0 Å². The molecule has 6 nitrogen and oxygen atoms in total. The van der Waals surface area contributed by atoms with E-state index in [-0.39, 0.29) is 17.9 Å². The largest absolute Gasteiger partial charge is 0.382 e. The van der Waals surface area contributed by atoms with Gasteiger partial charge >= 0.3 is 0 Å². The van der Waals surface area contributed by atoms with Crippen LogP contribution in [-0.4, -0.2) is 37.5 Å². The highest BCUT2D eigenvalue weighted by Crippen LogP contribution is 2.25. The third-order valence-corrected chi connectivity index (χ3v) is 3.64. The molecule has 0 radical (unpaired) electrons. The minimum absolute atomic E-state index is 0.0160. The van der Waals surface area contributed by atoms with E-state index in [1.54, 1.807) is 0 Å². The molecule has 0 aliphatic carbocycles. The molecule has 0 aromatic heterocycles. The van der Waals surface area contributed by atoms with E-state index in [0.717, 1.165) is 24.5 Å². The molecule has 20 heavy (non-hydrogen) atoms. The number of hydrogen-bond donors (Lipinski definition) is 4. The van der Waals surface area contributed by atoms with Crippen molar-refractivity contribution in [3.05, 3.63) is 23.8 Å². The smallest absolute Gasteiger partial charge is 0.251 e. The Morgan fingerprint density at radius 2 is 1.95 bits per heavy atom. The van der Waals surface area contributed by atoms with Gasteiger partial charge in [0.05, 0.1) is 11.4 Å². The molecule has 1 aromatic carbocycles. The van der Waals surface area contributed by atoms with Gasteiger partial charge in [-0.05, 0) is 24.6 Å². The van der Waals surface area contributed by atoms with E-state index < -0.39 is 0 Å². The van der Waals surface area contributed by atoms with E-state index in [4.69, 9.17) is 0 Å². The first kappa shape index (κ1) is 12.8. The summed E-state index contributed by atoms with van der Waals surface area (Å²) in [6.45, 7) is 2.25. The monoisotopic (exact) mass is 274 g/mol. The van der Waals surface area contributed by atoms with Crippen molar-refractivity contribution in [1.82, 2.24) is 10.6 Å². The van der Waals surface area contributed by atoms with Crippen molar-refractivity contribution < 1.29 is 9.59 Å². The summed E-state index contributed by atoms with van der Waals surface area (Å²) in [4.78, 5) is 23.3. The Balaban J connectivity index is 1.66. The number of fused-ring (bicyclic) bond motifs is 1. The van der Waals surface area contributed by atoms with Crippen molar-refractivity contribution in [3.8, 4) is 0 Å². The summed E-state index contributed by atoms with van der Waals surface area (Å²) >= 11 is 0. The van der Waals surface area contributed by atoms with Gasteiger partial charge in [0.25, 0.3) is 5.91 Å². The topological polar surface area (TPSA) is 82.3 Å². The molecule has 0 bridgehead atoms. The molecule has 2 aliphatic heterocycles. The minimum atomic E-state index is -0.0960. The molecule has 0 spiro atoms. The molecular formula is C14H18N4O2. The van der Waals surface area contributed by atoms with Crippen LogP contribution in [0.3, 0.4) is 0 Å². The summed E-state index contributed by atoms with van der Waals surface area (Å²) in [5.74, 6) is -0.0409. The number of hydrogen-bond acceptors (Lipinski definition) is 4. The Morgan fingerprint density at radius 3 is 2.70 bits per heavy atom. The van der Waals surface area contributed by atoms with Crippen LogP contribution in [-0.2, 0) is 4.79 Å². The molecule has 1 fully saturated rings. The highest BCUT2D eigenvalue weighted by molar-refractivity contribution is 5.96. The maximum atomic E-state index is 12.2. The van der Waals surface area contributed by atoms with E-state index >= 15 is 0 Å². The van der Waals surface area contributed by atoms with E-state index in [1.165, 1.54) is 0 Å². The lowest BCUT2D eigenvalue weighted by atomic mass is 10.1. The Morgan fingerprint density at radius 1 is 1.15 bits per heavy atom. The number of anilines is 2. The van der Waals surface area contributed by atoms with Gasteiger partial charge in [-0.25, -0.2) is 0 Å². The molecule has 2 heterocycles. The molecule has 6 heteroatoms. The molecule has 1 aromatic rings. The number of carbonyl (C=O) groups is 2. The van der Waals surface area contributed by atoms with Gasteiger partial charge in [-0.3, -0.25) is 9.59 Å². The van der Waals surface area contributed by atoms with Gasteiger partial charge in [0.1, 0.15) is 0 Å². The SMILES string of the molecule is O=C1CCC(NC(=O)c2ccc3c(c2)NCCN3)CN1. The summed E-state index contributed by atoms with van der Waals surface area (Å²) in [6, 6.07) is 5.61. The van der Waals surface area contributed by atoms with Crippen LogP contribution in [0.1, 0.15) is 23.2 Å². The maximum absolute atomic E-state index is 12.2. The van der Waals surface area contributed by atoms with Crippen molar-refractivity contribution in [1.29, 1.82) is 0 Å². The zero-order valence-corrected chi connectivity index (χ0v) is 11.2. The maximum Gasteiger partial charge on any atom is 0.251 e. The average Bonchev–Trinajstić information content (AvgIpc) is 2.49. The molecule has 4 N–H and O–H groups in total. The van der Waals surface area contributed by atoms with Gasteiger partial charge in [-0.15, -0.1) is 0 Å². The van der Waals surface area contributed by atoms with Gasteiger partial charge in [0.15, 0.2) is 0 Å². The molecule has 1 atom stereocenters. The molecule has 2 aliphatic rings. The second-order valence-corrected chi connectivity index (χ2v) is 5.13. The molecular weight excluding hydrogens is 256 g/mol. The predicted molar refractivity (Wildman–Crippen MR) is 76.9 cm³/mol. The highest BCUT2D eigenvalue weighted by Gasteiger charge is 2.20. The van der Waals surface area contributed by atoms with Crippen molar-refractivity contribution in [2.75, 3.05) is 30.3 Å². The Hall–Kier alpha value is -2.24. The lowest BCUT2D eigenvalue weighted by molar-refractivity contribution is -0.122. The van der Waals surface area contributed by atoms with Crippen LogP contribution in [0.15, 0.2) is 18.2 Å². The fourth-order valence-electron chi connectivity index (χ4n) is 2.50. The average molecular weight is 274 g/mol. The third kappa shape index (κ3) is 2.68. The predicted octanol–water partition coefficient (Wildman–Crippen LogP) is 0.532. The van der Waals surface area contributed by atoms with Crippen LogP contribution < -0.4 is 21.3 Å². The Labute approximate surface area is 117 Å². The first-order chi connectivity index (χ1) is 9.72. The van der Waals surface area contributed by atoms with Crippen LogP contribution in [0.4, 0.5) is 11.4 Å². The molecule has 2 amide bonds. The Kier molecular flexibility index (Phi) is 3.45. The fraction of sp³-hybridized carbons (Fsp3) is 0.429. The minimum Gasteiger partial charge on any atom is -0.382 e. The fourth-order valence-corrected chi connectivity index (χ4v) is 2.50. The van der Waals surface area contributed by atoms with Crippen molar-refractivity contribution >= 4 is 23.2 Å². The number of amides is 2. The second-order valence-electron chi connectivity index (χ2n) is 5.13. The summed E-state index contributed by atoms with van der Waals surface area (Å²) in [5, 5.41) is 12.3. The first-order valence-electron chi connectivity index (χ1n) is 6.92. The normalized spacial score (nSPS) is 21.0. The van der Waals surface area contributed by atoms with Crippen LogP contribution >= 0.6 is 0 Å². The van der Waals surface area contributed by atoms with E-state index in [1.807, 2.05) is 18.2 Å². The zero-order chi connectivity index (χ0) is 13.9. The van der Waals surface area contributed by atoms with Crippen LogP contribution in [0.2, 0.25) is 0 Å². The van der Waals surface area contributed by atoms with Gasteiger partial charge in [-0.2, -0.15) is 0 Å². The Bertz CT molecular complexity index is 534. The molecule has 3 rings (SSSR count). The summed E-state index contributed by atoms with van der Waals surface area (Å²) in [5.41, 5.74) is 2.62. The van der Waals surface area contributed by atoms with Gasteiger partial charge in [0, 0.05) is 37.7 Å². The summed E-state index contributed by atoms with van der Waals surface area (Å²) in [6.07, 6.45) is 1.17. The standard InChI is InChI=1S/C14H18N4O2/c19-13-4-2-10(8-17-13)18-14(20)9-1-3-11-12(7-9)16-6-5-15-11/h1,3,7,10,15-16H,2,4-6,8H2,(H,17,19)(H,18,20). The summed E-state index contributed by atoms with van der Waals surface area (Å²) < 4.78 is 0. The van der Waals surface area contributed by atoms with Gasteiger partial charge < -0.3 is 21.3 Å². The lowest BCUT2D eigenvalue weighted by Crippen LogP contribution is -2.47. The zero-order valence-electron chi connectivity index (χ0n) is 11.2. The molecule has 1 saturated heterocycles. The lowest BCUT2D eigenvalue weighted by Gasteiger charge is -2.24. The van der Waals surface area contributed by atoms with Crippen molar-refractivity contribution in [2.24, 2.45) is 0 Å². The number of piperidine rings is 1. The highest BCUT2D eigenvalue weighted by atomic mass is 16.2. The number of rotatable bonds is 2. The van der Waals surface area contributed by atoms with E-state index in [9.17, 15) is 9.59 Å². The van der Waals surface area contributed by atoms with E-state index in [0.29, 0.717) is 24.9 Å². The first-order valence-corrected chi connectivity index (χ1v) is 6.92. The van der Waals surface area contributed by atoms with Crippen LogP contribution in [0.25, 0.3) is 0 Å². The number of benzene rings is 1. The van der Waals surface area contributed by atoms with Crippen LogP contribution in [0.5, 0.6) is 0 Å². The van der Waals surface area contributed by atoms with E-state index in [2.05, 4.69) is 21.3 Å².